The summed E-state index contributed by atoms with van der Waals surface area (Å²) in [6, 6.07) is 0. The summed E-state index contributed by atoms with van der Waals surface area (Å²) in [6.07, 6.45) is 6.87. The van der Waals surface area contributed by atoms with Gasteiger partial charge in [0.25, 0.3) is 5.56 Å². The van der Waals surface area contributed by atoms with Crippen LogP contribution in [-0.4, -0.2) is 22.6 Å². The first kappa shape index (κ1) is 13.5. The van der Waals surface area contributed by atoms with Gasteiger partial charge < -0.3 is 5.32 Å². The molecule has 0 aliphatic heterocycles. The normalized spacial score (nSPS) is 16.3. The van der Waals surface area contributed by atoms with E-state index in [1.54, 1.807) is 6.20 Å². The van der Waals surface area contributed by atoms with Crippen LogP contribution in [0, 0.1) is 5.92 Å². The number of hydrogen-bond acceptors (Lipinski definition) is 3. The van der Waals surface area contributed by atoms with Crippen LogP contribution in [0.3, 0.4) is 0 Å². The van der Waals surface area contributed by atoms with Crippen molar-refractivity contribution < 1.29 is 0 Å². The maximum absolute atomic E-state index is 11.5. The number of H-pyrrole nitrogens is 1. The van der Waals surface area contributed by atoms with Crippen LogP contribution in [0.4, 0.5) is 0 Å². The second-order valence-corrected chi connectivity index (χ2v) is 5.64. The molecule has 0 unspecified atom stereocenters. The molecule has 1 heterocycles. The van der Waals surface area contributed by atoms with Gasteiger partial charge in [-0.1, -0.05) is 12.8 Å². The third kappa shape index (κ3) is 3.55. The van der Waals surface area contributed by atoms with Crippen LogP contribution in [0.15, 0.2) is 20.3 Å². The molecule has 1 fully saturated rings. The molecule has 1 aromatic heterocycles. The Morgan fingerprint density at radius 3 is 2.83 bits per heavy atom. The fraction of sp³-hybridized carbons (Fsp3) is 0.667. The fourth-order valence-corrected chi connectivity index (χ4v) is 2.72. The lowest BCUT2D eigenvalue weighted by molar-refractivity contribution is 0.472. The molecule has 1 aromatic rings. The summed E-state index contributed by atoms with van der Waals surface area (Å²) >= 11 is 3.12. The molecule has 0 saturated heterocycles. The molecular formula is C12H18BrN3O2. The Bertz CT molecular complexity index is 503. The lowest BCUT2D eigenvalue weighted by Crippen LogP contribution is -2.33. The summed E-state index contributed by atoms with van der Waals surface area (Å²) in [5.74, 6) is 0.795. The minimum Gasteiger partial charge on any atom is -0.315 e. The van der Waals surface area contributed by atoms with Gasteiger partial charge in [0.2, 0.25) is 0 Å². The molecule has 2 N–H and O–H groups in total. The summed E-state index contributed by atoms with van der Waals surface area (Å²) in [4.78, 5) is 24.9. The third-order valence-electron chi connectivity index (χ3n) is 3.40. The van der Waals surface area contributed by atoms with Crippen molar-refractivity contribution in [2.45, 2.75) is 32.2 Å². The molecular weight excluding hydrogens is 298 g/mol. The first-order chi connectivity index (χ1) is 8.66. The van der Waals surface area contributed by atoms with Crippen molar-refractivity contribution in [1.82, 2.24) is 14.9 Å². The number of aromatic amines is 1. The van der Waals surface area contributed by atoms with Gasteiger partial charge in [0.05, 0.1) is 4.47 Å². The zero-order valence-corrected chi connectivity index (χ0v) is 11.8. The van der Waals surface area contributed by atoms with Crippen molar-refractivity contribution in [1.29, 1.82) is 0 Å². The quantitative estimate of drug-likeness (QED) is 0.799. The first-order valence-electron chi connectivity index (χ1n) is 6.37. The monoisotopic (exact) mass is 315 g/mol. The van der Waals surface area contributed by atoms with E-state index in [0.717, 1.165) is 19.0 Å². The van der Waals surface area contributed by atoms with Crippen LogP contribution in [0.2, 0.25) is 0 Å². The molecule has 0 radical (unpaired) electrons. The van der Waals surface area contributed by atoms with Gasteiger partial charge in [-0.2, -0.15) is 0 Å². The summed E-state index contributed by atoms with van der Waals surface area (Å²) in [5.41, 5.74) is -0.735. The van der Waals surface area contributed by atoms with Gasteiger partial charge in [-0.3, -0.25) is 14.3 Å². The highest BCUT2D eigenvalue weighted by molar-refractivity contribution is 9.10. The van der Waals surface area contributed by atoms with E-state index in [9.17, 15) is 9.59 Å². The molecule has 0 amide bonds. The fourth-order valence-electron chi connectivity index (χ4n) is 2.37. The van der Waals surface area contributed by atoms with E-state index in [1.807, 2.05) is 0 Å². The smallest absolute Gasteiger partial charge is 0.315 e. The van der Waals surface area contributed by atoms with Crippen LogP contribution in [0.25, 0.3) is 0 Å². The number of halogens is 1. The van der Waals surface area contributed by atoms with Crippen LogP contribution in [0.1, 0.15) is 25.7 Å². The van der Waals surface area contributed by atoms with E-state index in [-0.39, 0.29) is 11.2 Å². The Morgan fingerprint density at radius 1 is 1.39 bits per heavy atom. The van der Waals surface area contributed by atoms with Crippen LogP contribution >= 0.6 is 15.9 Å². The highest BCUT2D eigenvalue weighted by atomic mass is 79.9. The predicted molar refractivity (Wildman–Crippen MR) is 73.9 cm³/mol. The van der Waals surface area contributed by atoms with E-state index in [1.165, 1.54) is 30.3 Å². The average Bonchev–Trinajstić information content (AvgIpc) is 2.84. The van der Waals surface area contributed by atoms with Crippen LogP contribution in [0.5, 0.6) is 0 Å². The SMILES string of the molecule is O=c1[nH]c(=O)n(CCNCC2CCCC2)cc1Br. The maximum atomic E-state index is 11.5. The Labute approximate surface area is 114 Å². The lowest BCUT2D eigenvalue weighted by atomic mass is 10.1. The Kier molecular flexibility index (Phi) is 4.77. The molecule has 1 aliphatic rings. The number of hydrogen-bond donors (Lipinski definition) is 2. The zero-order valence-electron chi connectivity index (χ0n) is 10.2. The van der Waals surface area contributed by atoms with Crippen molar-refractivity contribution in [3.05, 3.63) is 31.5 Å². The van der Waals surface area contributed by atoms with Crippen LogP contribution in [-0.2, 0) is 6.54 Å². The highest BCUT2D eigenvalue weighted by Gasteiger charge is 2.13. The van der Waals surface area contributed by atoms with Gasteiger partial charge in [0.1, 0.15) is 0 Å². The summed E-state index contributed by atoms with van der Waals surface area (Å²) in [5, 5.41) is 3.37. The van der Waals surface area contributed by atoms with Gasteiger partial charge in [-0.05, 0) is 41.2 Å². The standard InChI is InChI=1S/C12H18BrN3O2/c13-10-8-16(12(18)15-11(10)17)6-5-14-7-9-3-1-2-4-9/h8-9,14H,1-7H2,(H,15,17,18). The minimum atomic E-state index is -0.379. The van der Waals surface area contributed by atoms with E-state index in [2.05, 4.69) is 26.2 Å². The summed E-state index contributed by atoms with van der Waals surface area (Å²) in [6.45, 7) is 2.34. The second-order valence-electron chi connectivity index (χ2n) is 4.78. The molecule has 2 rings (SSSR count). The molecule has 100 valence electrons. The van der Waals surface area contributed by atoms with Gasteiger partial charge >= 0.3 is 5.69 Å². The zero-order chi connectivity index (χ0) is 13.0. The third-order valence-corrected chi connectivity index (χ3v) is 3.97. The van der Waals surface area contributed by atoms with Crippen LogP contribution < -0.4 is 16.6 Å². The second kappa shape index (κ2) is 6.33. The molecule has 6 heteroatoms. The van der Waals surface area contributed by atoms with Gasteiger partial charge in [-0.15, -0.1) is 0 Å². The number of rotatable bonds is 5. The minimum absolute atomic E-state index is 0.356. The first-order valence-corrected chi connectivity index (χ1v) is 7.16. The summed E-state index contributed by atoms with van der Waals surface area (Å²) < 4.78 is 1.89. The number of nitrogens with one attached hydrogen (secondary N) is 2. The highest BCUT2D eigenvalue weighted by Crippen LogP contribution is 2.23. The van der Waals surface area contributed by atoms with E-state index in [0.29, 0.717) is 11.0 Å². The molecule has 18 heavy (non-hydrogen) atoms. The van der Waals surface area contributed by atoms with Crippen molar-refractivity contribution in [3.63, 3.8) is 0 Å². The van der Waals surface area contributed by atoms with E-state index in [4.69, 9.17) is 0 Å². The van der Waals surface area contributed by atoms with Crippen molar-refractivity contribution in [3.8, 4) is 0 Å². The Balaban J connectivity index is 1.81. The largest absolute Gasteiger partial charge is 0.328 e. The maximum Gasteiger partial charge on any atom is 0.328 e. The number of aromatic nitrogens is 2. The van der Waals surface area contributed by atoms with Gasteiger partial charge in [-0.25, -0.2) is 4.79 Å². The number of nitrogens with zero attached hydrogens (tertiary/aromatic N) is 1. The topological polar surface area (TPSA) is 66.9 Å². The van der Waals surface area contributed by atoms with E-state index >= 15 is 0 Å². The molecule has 0 atom stereocenters. The Hall–Kier alpha value is -0.880. The molecule has 0 bridgehead atoms. The Morgan fingerprint density at radius 2 is 2.11 bits per heavy atom. The van der Waals surface area contributed by atoms with Crippen molar-refractivity contribution in [2.24, 2.45) is 5.92 Å². The predicted octanol–water partition coefficient (Wildman–Crippen LogP) is 1.08. The van der Waals surface area contributed by atoms with Gasteiger partial charge in [0, 0.05) is 19.3 Å². The molecule has 1 saturated carbocycles. The van der Waals surface area contributed by atoms with Crippen molar-refractivity contribution >= 4 is 15.9 Å². The molecule has 1 aliphatic carbocycles. The van der Waals surface area contributed by atoms with Gasteiger partial charge in [0.15, 0.2) is 0 Å². The average molecular weight is 316 g/mol. The lowest BCUT2D eigenvalue weighted by Gasteiger charge is -2.11. The van der Waals surface area contributed by atoms with Crippen molar-refractivity contribution in [2.75, 3.05) is 13.1 Å². The summed E-state index contributed by atoms with van der Waals surface area (Å²) in [7, 11) is 0. The molecule has 0 aromatic carbocycles. The van der Waals surface area contributed by atoms with E-state index < -0.39 is 0 Å². The molecule has 5 nitrogen and oxygen atoms in total. The molecule has 0 spiro atoms.